The number of hydrogen-bond acceptors (Lipinski definition) is 3. The topological polar surface area (TPSA) is 62.8 Å². The zero-order valence-electron chi connectivity index (χ0n) is 8.85. The molecule has 5 heteroatoms. The van der Waals surface area contributed by atoms with E-state index in [9.17, 15) is 4.39 Å². The number of benzene rings is 1. The first-order chi connectivity index (χ1) is 8.16. The van der Waals surface area contributed by atoms with Crippen LogP contribution in [0.2, 0.25) is 0 Å². The Balaban J connectivity index is 2.20. The summed E-state index contributed by atoms with van der Waals surface area (Å²) in [5.41, 5.74) is 5.88. The quantitative estimate of drug-likeness (QED) is 0.647. The number of amidine groups is 1. The van der Waals surface area contributed by atoms with Gasteiger partial charge in [-0.25, -0.2) is 9.37 Å². The van der Waals surface area contributed by atoms with Crippen molar-refractivity contribution in [2.75, 3.05) is 0 Å². The van der Waals surface area contributed by atoms with Gasteiger partial charge in [0.05, 0.1) is 0 Å². The highest BCUT2D eigenvalue weighted by atomic mass is 32.2. The van der Waals surface area contributed by atoms with E-state index in [-0.39, 0.29) is 11.7 Å². The van der Waals surface area contributed by atoms with E-state index in [0.29, 0.717) is 15.5 Å². The molecule has 17 heavy (non-hydrogen) atoms. The minimum absolute atomic E-state index is 0.0278. The summed E-state index contributed by atoms with van der Waals surface area (Å²) in [6.07, 6.45) is 1.51. The first-order valence-electron chi connectivity index (χ1n) is 4.89. The largest absolute Gasteiger partial charge is 0.384 e. The van der Waals surface area contributed by atoms with Crippen LogP contribution in [0.3, 0.4) is 0 Å². The van der Waals surface area contributed by atoms with Crippen molar-refractivity contribution in [3.63, 3.8) is 0 Å². The van der Waals surface area contributed by atoms with E-state index in [4.69, 9.17) is 11.1 Å². The van der Waals surface area contributed by atoms with Crippen LogP contribution in [0.15, 0.2) is 52.5 Å². The molecule has 0 saturated carbocycles. The molecule has 3 N–H and O–H groups in total. The van der Waals surface area contributed by atoms with Gasteiger partial charge in [-0.2, -0.15) is 0 Å². The van der Waals surface area contributed by atoms with Crippen molar-refractivity contribution >= 4 is 17.6 Å². The maximum atomic E-state index is 13.4. The molecule has 0 saturated heterocycles. The van der Waals surface area contributed by atoms with E-state index in [1.165, 1.54) is 24.0 Å². The Morgan fingerprint density at radius 2 is 2.00 bits per heavy atom. The summed E-state index contributed by atoms with van der Waals surface area (Å²) in [6.45, 7) is 0. The third-order valence-corrected chi connectivity index (χ3v) is 3.10. The van der Waals surface area contributed by atoms with E-state index in [2.05, 4.69) is 4.98 Å². The average Bonchev–Trinajstić information content (AvgIpc) is 2.33. The molecule has 1 heterocycles. The van der Waals surface area contributed by atoms with Crippen LogP contribution < -0.4 is 5.73 Å². The van der Waals surface area contributed by atoms with Gasteiger partial charge in [0.2, 0.25) is 0 Å². The minimum atomic E-state index is -0.269. The molecule has 0 bridgehead atoms. The first-order valence-corrected chi connectivity index (χ1v) is 5.71. The molecule has 1 aromatic heterocycles. The Hall–Kier alpha value is -1.88. The van der Waals surface area contributed by atoms with E-state index in [1.807, 2.05) is 0 Å². The Kier molecular flexibility index (Phi) is 3.39. The molecule has 0 aliphatic rings. The van der Waals surface area contributed by atoms with Crippen molar-refractivity contribution in [3.05, 3.63) is 54.0 Å². The monoisotopic (exact) mass is 247 g/mol. The predicted molar refractivity (Wildman–Crippen MR) is 65.8 cm³/mol. The number of nitrogen functional groups attached to an aromatic ring is 1. The highest BCUT2D eigenvalue weighted by Gasteiger charge is 2.04. The normalized spacial score (nSPS) is 10.2. The summed E-state index contributed by atoms with van der Waals surface area (Å²) in [6, 6.07) is 9.93. The number of nitrogens with one attached hydrogen (secondary N) is 1. The lowest BCUT2D eigenvalue weighted by Crippen LogP contribution is -2.10. The van der Waals surface area contributed by atoms with Crippen molar-refractivity contribution in [2.24, 2.45) is 5.73 Å². The predicted octanol–water partition coefficient (Wildman–Crippen LogP) is 2.66. The molecule has 2 rings (SSSR count). The minimum Gasteiger partial charge on any atom is -0.384 e. The molecule has 0 amide bonds. The average molecular weight is 247 g/mol. The molecule has 1 aromatic carbocycles. The SMILES string of the molecule is N=C(N)c1ccc(Sc2ccccc2F)nc1. The number of rotatable bonds is 3. The van der Waals surface area contributed by atoms with Crippen LogP contribution in [0.4, 0.5) is 4.39 Å². The lowest BCUT2D eigenvalue weighted by Gasteiger charge is -2.03. The standard InChI is InChI=1S/C12H10FN3S/c13-9-3-1-2-4-10(9)17-11-6-5-8(7-16-11)12(14)15/h1-7H,(H3,14,15). The highest BCUT2D eigenvalue weighted by Crippen LogP contribution is 2.27. The third-order valence-electron chi connectivity index (χ3n) is 2.10. The van der Waals surface area contributed by atoms with Crippen LogP contribution in [0.1, 0.15) is 5.56 Å². The maximum absolute atomic E-state index is 13.4. The highest BCUT2D eigenvalue weighted by molar-refractivity contribution is 7.99. The lowest BCUT2D eigenvalue weighted by molar-refractivity contribution is 0.602. The Labute approximate surface area is 102 Å². The van der Waals surface area contributed by atoms with Crippen LogP contribution in [-0.2, 0) is 0 Å². The maximum Gasteiger partial charge on any atom is 0.137 e. The zero-order valence-corrected chi connectivity index (χ0v) is 9.67. The van der Waals surface area contributed by atoms with Gasteiger partial charge in [-0.1, -0.05) is 23.9 Å². The molecular formula is C12H10FN3S. The number of aromatic nitrogens is 1. The van der Waals surface area contributed by atoms with Crippen LogP contribution in [0.5, 0.6) is 0 Å². The van der Waals surface area contributed by atoms with Gasteiger partial charge in [-0.05, 0) is 24.3 Å². The van der Waals surface area contributed by atoms with E-state index in [0.717, 1.165) is 0 Å². The van der Waals surface area contributed by atoms with Gasteiger partial charge in [0.15, 0.2) is 0 Å². The second-order valence-corrected chi connectivity index (χ2v) is 4.39. The molecule has 0 aliphatic heterocycles. The van der Waals surface area contributed by atoms with Crippen molar-refractivity contribution in [1.29, 1.82) is 5.41 Å². The molecule has 0 unspecified atom stereocenters. The molecule has 3 nitrogen and oxygen atoms in total. The van der Waals surface area contributed by atoms with Crippen molar-refractivity contribution in [3.8, 4) is 0 Å². The fourth-order valence-electron chi connectivity index (χ4n) is 1.24. The van der Waals surface area contributed by atoms with E-state index >= 15 is 0 Å². The molecule has 86 valence electrons. The van der Waals surface area contributed by atoms with Crippen LogP contribution in [0, 0.1) is 11.2 Å². The van der Waals surface area contributed by atoms with Crippen molar-refractivity contribution in [2.45, 2.75) is 9.92 Å². The fraction of sp³-hybridized carbons (Fsp3) is 0. The molecule has 0 atom stereocenters. The summed E-state index contributed by atoms with van der Waals surface area (Å²) >= 11 is 1.24. The number of nitrogens with zero attached hydrogens (tertiary/aromatic N) is 1. The van der Waals surface area contributed by atoms with E-state index < -0.39 is 0 Å². The Morgan fingerprint density at radius 1 is 1.24 bits per heavy atom. The number of halogens is 1. The fourth-order valence-corrected chi connectivity index (χ4v) is 2.02. The van der Waals surface area contributed by atoms with Crippen molar-refractivity contribution in [1.82, 2.24) is 4.98 Å². The number of nitrogens with two attached hydrogens (primary N) is 1. The summed E-state index contributed by atoms with van der Waals surface area (Å²) in [5, 5.41) is 7.90. The number of pyridine rings is 1. The van der Waals surface area contributed by atoms with Crippen LogP contribution >= 0.6 is 11.8 Å². The smallest absolute Gasteiger partial charge is 0.137 e. The number of hydrogen-bond donors (Lipinski definition) is 2. The van der Waals surface area contributed by atoms with Crippen LogP contribution in [-0.4, -0.2) is 10.8 Å². The summed E-state index contributed by atoms with van der Waals surface area (Å²) < 4.78 is 13.4. The van der Waals surface area contributed by atoms with E-state index in [1.54, 1.807) is 30.3 Å². The molecular weight excluding hydrogens is 237 g/mol. The summed E-state index contributed by atoms with van der Waals surface area (Å²) in [4.78, 5) is 4.64. The van der Waals surface area contributed by atoms with Gasteiger partial charge in [0.1, 0.15) is 16.7 Å². The van der Waals surface area contributed by atoms with Gasteiger partial charge >= 0.3 is 0 Å². The van der Waals surface area contributed by atoms with Crippen LogP contribution in [0.25, 0.3) is 0 Å². The van der Waals surface area contributed by atoms with Gasteiger partial charge in [-0.3, -0.25) is 5.41 Å². The lowest BCUT2D eigenvalue weighted by atomic mass is 10.3. The molecule has 0 spiro atoms. The molecule has 2 aromatic rings. The van der Waals surface area contributed by atoms with Gasteiger partial charge in [0.25, 0.3) is 0 Å². The first kappa shape index (κ1) is 11.6. The zero-order chi connectivity index (χ0) is 12.3. The van der Waals surface area contributed by atoms with Gasteiger partial charge in [0, 0.05) is 16.7 Å². The second kappa shape index (κ2) is 4.97. The summed E-state index contributed by atoms with van der Waals surface area (Å²) in [5.74, 6) is -0.296. The third kappa shape index (κ3) is 2.82. The van der Waals surface area contributed by atoms with Crippen molar-refractivity contribution < 1.29 is 4.39 Å². The molecule has 0 fully saturated rings. The second-order valence-electron chi connectivity index (χ2n) is 3.33. The Morgan fingerprint density at radius 3 is 2.59 bits per heavy atom. The Bertz CT molecular complexity index is 540. The molecule has 0 radical (unpaired) electrons. The van der Waals surface area contributed by atoms with Gasteiger partial charge < -0.3 is 5.73 Å². The summed E-state index contributed by atoms with van der Waals surface area (Å²) in [7, 11) is 0. The van der Waals surface area contributed by atoms with Gasteiger partial charge in [-0.15, -0.1) is 0 Å². The molecule has 0 aliphatic carbocycles.